The van der Waals surface area contributed by atoms with Crippen molar-refractivity contribution in [2.45, 2.75) is 37.6 Å². The lowest BCUT2D eigenvalue weighted by Crippen LogP contribution is -2.21. The average molecular weight is 280 g/mol. The van der Waals surface area contributed by atoms with Crippen LogP contribution in [0.1, 0.15) is 32.3 Å². The van der Waals surface area contributed by atoms with Crippen LogP contribution in [0.4, 0.5) is 5.69 Å². The van der Waals surface area contributed by atoms with Crippen LogP contribution < -0.4 is 11.1 Å². The van der Waals surface area contributed by atoms with Gasteiger partial charge in [0, 0.05) is 22.2 Å². The topological polar surface area (TPSA) is 38.0 Å². The Morgan fingerprint density at radius 1 is 1.56 bits per heavy atom. The Balaban J connectivity index is 2.26. The highest BCUT2D eigenvalue weighted by molar-refractivity contribution is 7.99. The second-order valence-electron chi connectivity index (χ2n) is 4.75. The Bertz CT molecular complexity index is 441. The van der Waals surface area contributed by atoms with Crippen LogP contribution in [0, 0.1) is 5.92 Å². The van der Waals surface area contributed by atoms with Gasteiger partial charge < -0.3 is 11.1 Å². The quantitative estimate of drug-likeness (QED) is 0.616. The maximum atomic E-state index is 5.89. The molecule has 3 N–H and O–H groups in total. The van der Waals surface area contributed by atoms with Crippen molar-refractivity contribution in [3.63, 3.8) is 0 Å². The van der Waals surface area contributed by atoms with Crippen molar-refractivity contribution in [1.29, 1.82) is 0 Å². The number of thiocarbonyl (C=S) groups is 1. The Morgan fingerprint density at radius 3 is 2.83 bits per heavy atom. The molecule has 98 valence electrons. The Morgan fingerprint density at radius 2 is 2.28 bits per heavy atom. The van der Waals surface area contributed by atoms with E-state index < -0.39 is 0 Å². The molecule has 0 heterocycles. The van der Waals surface area contributed by atoms with Crippen molar-refractivity contribution < 1.29 is 0 Å². The predicted octanol–water partition coefficient (Wildman–Crippen LogP) is 3.64. The van der Waals surface area contributed by atoms with E-state index in [-0.39, 0.29) is 0 Å². The van der Waals surface area contributed by atoms with E-state index in [4.69, 9.17) is 18.0 Å². The minimum absolute atomic E-state index is 0.483. The van der Waals surface area contributed by atoms with Gasteiger partial charge in [0.15, 0.2) is 0 Å². The first kappa shape index (κ1) is 13.7. The number of anilines is 1. The number of nitrogens with two attached hydrogens (primary N) is 1. The number of hydrogen-bond acceptors (Lipinski definition) is 3. The summed E-state index contributed by atoms with van der Waals surface area (Å²) in [7, 11) is 0. The third kappa shape index (κ3) is 3.18. The fraction of sp³-hybridized carbons (Fsp3) is 0.500. The second-order valence-corrected chi connectivity index (χ2v) is 6.49. The molecule has 0 saturated heterocycles. The first-order valence-corrected chi connectivity index (χ1v) is 7.85. The number of hydrogen-bond donors (Lipinski definition) is 2. The number of rotatable bonds is 6. The molecule has 1 saturated carbocycles. The number of benzene rings is 1. The van der Waals surface area contributed by atoms with Crippen molar-refractivity contribution >= 4 is 34.7 Å². The van der Waals surface area contributed by atoms with Gasteiger partial charge >= 0.3 is 0 Å². The Kier molecular flexibility index (Phi) is 4.51. The summed E-state index contributed by atoms with van der Waals surface area (Å²) in [6, 6.07) is 6.74. The van der Waals surface area contributed by atoms with Crippen LogP contribution in [0.2, 0.25) is 0 Å². The third-order valence-corrected chi connectivity index (χ3v) is 4.43. The zero-order valence-electron chi connectivity index (χ0n) is 10.9. The molecule has 0 aliphatic heterocycles. The van der Waals surface area contributed by atoms with E-state index in [0.717, 1.165) is 22.9 Å². The van der Waals surface area contributed by atoms with E-state index in [9.17, 15) is 0 Å². The summed E-state index contributed by atoms with van der Waals surface area (Å²) in [5.41, 5.74) is 7.98. The van der Waals surface area contributed by atoms with Gasteiger partial charge in [-0.15, -0.1) is 11.8 Å². The largest absolute Gasteiger partial charge is 0.389 e. The summed E-state index contributed by atoms with van der Waals surface area (Å²) in [5.74, 6) is 1.84. The molecular formula is C14H20N2S2. The zero-order chi connectivity index (χ0) is 13.1. The molecule has 2 rings (SSSR count). The van der Waals surface area contributed by atoms with E-state index in [2.05, 4.69) is 37.4 Å². The highest BCUT2D eigenvalue weighted by Crippen LogP contribution is 2.35. The van der Waals surface area contributed by atoms with Gasteiger partial charge in [-0.2, -0.15) is 0 Å². The summed E-state index contributed by atoms with van der Waals surface area (Å²) in [6.45, 7) is 4.38. The predicted molar refractivity (Wildman–Crippen MR) is 84.5 cm³/mol. The van der Waals surface area contributed by atoms with Crippen molar-refractivity contribution in [3.8, 4) is 0 Å². The SMILES string of the molecule is CCSc1cccc(NC(C)C2CC2)c1C(N)=S. The summed E-state index contributed by atoms with van der Waals surface area (Å²) in [4.78, 5) is 1.66. The highest BCUT2D eigenvalue weighted by atomic mass is 32.2. The average Bonchev–Trinajstić information content (AvgIpc) is 3.12. The van der Waals surface area contributed by atoms with Crippen LogP contribution in [0.3, 0.4) is 0 Å². The van der Waals surface area contributed by atoms with E-state index >= 15 is 0 Å². The lowest BCUT2D eigenvalue weighted by Gasteiger charge is -2.19. The van der Waals surface area contributed by atoms with Crippen LogP contribution in [0.25, 0.3) is 0 Å². The molecular weight excluding hydrogens is 260 g/mol. The van der Waals surface area contributed by atoms with E-state index in [1.54, 1.807) is 11.8 Å². The molecule has 4 heteroatoms. The van der Waals surface area contributed by atoms with Crippen LogP contribution in [0.15, 0.2) is 23.1 Å². The molecule has 1 aliphatic carbocycles. The molecule has 0 spiro atoms. The van der Waals surface area contributed by atoms with E-state index in [0.29, 0.717) is 11.0 Å². The molecule has 0 aromatic heterocycles. The maximum absolute atomic E-state index is 5.89. The van der Waals surface area contributed by atoms with Gasteiger partial charge in [0.05, 0.1) is 0 Å². The van der Waals surface area contributed by atoms with E-state index in [1.165, 1.54) is 17.7 Å². The molecule has 2 nitrogen and oxygen atoms in total. The fourth-order valence-corrected chi connectivity index (χ4v) is 3.28. The molecule has 0 radical (unpaired) electrons. The minimum Gasteiger partial charge on any atom is -0.389 e. The molecule has 0 amide bonds. The molecule has 18 heavy (non-hydrogen) atoms. The van der Waals surface area contributed by atoms with Gasteiger partial charge in [-0.3, -0.25) is 0 Å². The lowest BCUT2D eigenvalue weighted by molar-refractivity contribution is 0.694. The van der Waals surface area contributed by atoms with Crippen molar-refractivity contribution in [2.24, 2.45) is 11.7 Å². The molecule has 1 fully saturated rings. The van der Waals surface area contributed by atoms with Gasteiger partial charge in [-0.25, -0.2) is 0 Å². The Hall–Kier alpha value is -0.740. The molecule has 1 unspecified atom stereocenters. The van der Waals surface area contributed by atoms with Crippen molar-refractivity contribution in [3.05, 3.63) is 23.8 Å². The standard InChI is InChI=1S/C14H20N2S2/c1-3-18-12-6-4-5-11(13(12)14(15)17)16-9(2)10-7-8-10/h4-6,9-10,16H,3,7-8H2,1-2H3,(H2,15,17). The fourth-order valence-electron chi connectivity index (χ4n) is 2.14. The highest BCUT2D eigenvalue weighted by Gasteiger charge is 2.28. The van der Waals surface area contributed by atoms with Gasteiger partial charge in [0.25, 0.3) is 0 Å². The maximum Gasteiger partial charge on any atom is 0.107 e. The monoisotopic (exact) mass is 280 g/mol. The third-order valence-electron chi connectivity index (χ3n) is 3.28. The van der Waals surface area contributed by atoms with Gasteiger partial charge in [-0.05, 0) is 43.6 Å². The second kappa shape index (κ2) is 5.93. The summed E-state index contributed by atoms with van der Waals surface area (Å²) < 4.78 is 0. The molecule has 0 bridgehead atoms. The van der Waals surface area contributed by atoms with Crippen molar-refractivity contribution in [2.75, 3.05) is 11.1 Å². The molecule has 1 aromatic carbocycles. The lowest BCUT2D eigenvalue weighted by atomic mass is 10.1. The van der Waals surface area contributed by atoms with Gasteiger partial charge in [-0.1, -0.05) is 25.2 Å². The number of nitrogens with one attached hydrogen (secondary N) is 1. The van der Waals surface area contributed by atoms with E-state index in [1.807, 2.05) is 0 Å². The van der Waals surface area contributed by atoms with Crippen LogP contribution in [-0.2, 0) is 0 Å². The zero-order valence-corrected chi connectivity index (χ0v) is 12.5. The smallest absolute Gasteiger partial charge is 0.107 e. The van der Waals surface area contributed by atoms with Crippen LogP contribution in [-0.4, -0.2) is 16.8 Å². The minimum atomic E-state index is 0.483. The van der Waals surface area contributed by atoms with Gasteiger partial charge in [0.2, 0.25) is 0 Å². The van der Waals surface area contributed by atoms with Crippen LogP contribution >= 0.6 is 24.0 Å². The summed E-state index contributed by atoms with van der Waals surface area (Å²) in [6.07, 6.45) is 2.67. The molecule has 1 aliphatic rings. The van der Waals surface area contributed by atoms with Crippen LogP contribution in [0.5, 0.6) is 0 Å². The summed E-state index contributed by atoms with van der Waals surface area (Å²) in [5, 5.41) is 3.57. The summed E-state index contributed by atoms with van der Waals surface area (Å²) >= 11 is 7.00. The molecule has 1 atom stereocenters. The molecule has 1 aromatic rings. The number of thioether (sulfide) groups is 1. The Labute approximate surface area is 119 Å². The first-order chi connectivity index (χ1) is 8.63. The normalized spacial score (nSPS) is 16.3. The van der Waals surface area contributed by atoms with Crippen molar-refractivity contribution in [1.82, 2.24) is 0 Å². The first-order valence-electron chi connectivity index (χ1n) is 6.45. The van der Waals surface area contributed by atoms with Gasteiger partial charge in [0.1, 0.15) is 4.99 Å².